The molecule has 0 atom stereocenters. The van der Waals surface area contributed by atoms with Crippen LogP contribution in [0.4, 0.5) is 5.69 Å². The van der Waals surface area contributed by atoms with Crippen molar-refractivity contribution in [2.75, 3.05) is 12.0 Å². The number of halogens is 1. The number of anilines is 1. The van der Waals surface area contributed by atoms with Crippen LogP contribution in [-0.4, -0.2) is 18.9 Å². The van der Waals surface area contributed by atoms with Gasteiger partial charge in [-0.05, 0) is 35.7 Å². The molecule has 2 aromatic rings. The normalized spacial score (nSPS) is 15.0. The van der Waals surface area contributed by atoms with Crippen LogP contribution in [0.25, 0.3) is 5.57 Å². The van der Waals surface area contributed by atoms with E-state index in [1.54, 1.807) is 37.4 Å². The van der Waals surface area contributed by atoms with Gasteiger partial charge in [0.15, 0.2) is 0 Å². The molecule has 0 spiro atoms. The van der Waals surface area contributed by atoms with Gasteiger partial charge in [0.2, 0.25) is 0 Å². The van der Waals surface area contributed by atoms with Gasteiger partial charge in [-0.2, -0.15) is 0 Å². The quantitative estimate of drug-likeness (QED) is 0.816. The van der Waals surface area contributed by atoms with E-state index in [9.17, 15) is 9.59 Å². The molecule has 0 saturated carbocycles. The van der Waals surface area contributed by atoms with Crippen molar-refractivity contribution in [3.8, 4) is 5.75 Å². The number of hydrogen-bond acceptors (Lipinski definition) is 4. The van der Waals surface area contributed by atoms with E-state index in [4.69, 9.17) is 16.3 Å². The number of carbonyl (C=O) groups excluding carboxylic acids is 2. The highest BCUT2D eigenvalue weighted by Crippen LogP contribution is 2.36. The van der Waals surface area contributed by atoms with Crippen molar-refractivity contribution in [2.24, 2.45) is 0 Å². The summed E-state index contributed by atoms with van der Waals surface area (Å²) >= 11 is 7.44. The third-order valence-corrected chi connectivity index (χ3v) is 4.36. The molecule has 0 bridgehead atoms. The molecule has 6 heteroatoms. The van der Waals surface area contributed by atoms with Gasteiger partial charge in [-0.25, -0.2) is 4.90 Å². The molecule has 1 aromatic carbocycles. The van der Waals surface area contributed by atoms with E-state index in [1.807, 2.05) is 11.4 Å². The molecule has 2 amide bonds. The fraction of sp³-hybridized carbons (Fsp3) is 0.0667. The fourth-order valence-corrected chi connectivity index (χ4v) is 3.19. The van der Waals surface area contributed by atoms with Crippen molar-refractivity contribution in [1.29, 1.82) is 0 Å². The maximum Gasteiger partial charge on any atom is 0.277 e. The van der Waals surface area contributed by atoms with Crippen LogP contribution in [-0.2, 0) is 9.59 Å². The van der Waals surface area contributed by atoms with Crippen molar-refractivity contribution >= 4 is 46.0 Å². The first-order valence-electron chi connectivity index (χ1n) is 6.10. The number of methoxy groups -OCH3 is 1. The summed E-state index contributed by atoms with van der Waals surface area (Å²) in [5.41, 5.74) is 0.725. The Bertz CT molecular complexity index is 735. The Labute approximate surface area is 130 Å². The molecule has 1 aliphatic heterocycles. The van der Waals surface area contributed by atoms with Crippen LogP contribution in [0.5, 0.6) is 5.75 Å². The molecular weight excluding hydrogens is 310 g/mol. The minimum Gasteiger partial charge on any atom is -0.497 e. The maximum absolute atomic E-state index is 12.5. The third-order valence-electron chi connectivity index (χ3n) is 3.13. The molecule has 0 N–H and O–H groups in total. The highest BCUT2D eigenvalue weighted by molar-refractivity contribution is 7.11. The fourth-order valence-electron chi connectivity index (χ4n) is 2.10. The highest BCUT2D eigenvalue weighted by atomic mass is 35.5. The Morgan fingerprint density at radius 1 is 1.10 bits per heavy atom. The second-order valence-electron chi connectivity index (χ2n) is 4.31. The summed E-state index contributed by atoms with van der Waals surface area (Å²) in [5.74, 6) is -0.261. The van der Waals surface area contributed by atoms with E-state index in [0.29, 0.717) is 16.3 Å². The Kier molecular flexibility index (Phi) is 3.53. The first kappa shape index (κ1) is 13.9. The van der Waals surface area contributed by atoms with Gasteiger partial charge in [0.05, 0.1) is 18.4 Å². The molecule has 0 fully saturated rings. The molecular formula is C15H10ClNO3S. The first-order chi connectivity index (χ1) is 10.1. The van der Waals surface area contributed by atoms with E-state index >= 15 is 0 Å². The van der Waals surface area contributed by atoms with Crippen molar-refractivity contribution in [2.45, 2.75) is 0 Å². The molecule has 1 aliphatic rings. The Balaban J connectivity index is 2.00. The van der Waals surface area contributed by atoms with Gasteiger partial charge in [0.1, 0.15) is 10.8 Å². The van der Waals surface area contributed by atoms with Crippen molar-refractivity contribution < 1.29 is 14.3 Å². The van der Waals surface area contributed by atoms with Gasteiger partial charge in [-0.15, -0.1) is 11.3 Å². The number of imide groups is 1. The van der Waals surface area contributed by atoms with Crippen LogP contribution in [0.3, 0.4) is 0 Å². The molecule has 21 heavy (non-hydrogen) atoms. The predicted molar refractivity (Wildman–Crippen MR) is 82.6 cm³/mol. The summed E-state index contributed by atoms with van der Waals surface area (Å²) in [4.78, 5) is 26.6. The number of ether oxygens (including phenoxy) is 1. The Hall–Kier alpha value is -2.11. The Morgan fingerprint density at radius 2 is 1.81 bits per heavy atom. The number of benzene rings is 1. The van der Waals surface area contributed by atoms with Crippen molar-refractivity contribution in [1.82, 2.24) is 0 Å². The number of carbonyl (C=O) groups is 2. The van der Waals surface area contributed by atoms with Gasteiger partial charge in [-0.3, -0.25) is 9.59 Å². The standard InChI is InChI=1S/C15H10ClNO3S/c1-20-10-6-4-9(5-7-10)17-14(18)12(13(16)15(17)19)11-3-2-8-21-11/h2-8H,1H3. The molecule has 0 radical (unpaired) electrons. The predicted octanol–water partition coefficient (Wildman–Crippen LogP) is 3.28. The average Bonchev–Trinajstić information content (AvgIpc) is 3.08. The maximum atomic E-state index is 12.5. The topological polar surface area (TPSA) is 46.6 Å². The van der Waals surface area contributed by atoms with Crippen LogP contribution < -0.4 is 9.64 Å². The Morgan fingerprint density at radius 3 is 2.38 bits per heavy atom. The summed E-state index contributed by atoms with van der Waals surface area (Å²) < 4.78 is 5.06. The summed E-state index contributed by atoms with van der Waals surface area (Å²) in [6, 6.07) is 10.3. The number of hydrogen-bond donors (Lipinski definition) is 0. The highest BCUT2D eigenvalue weighted by Gasteiger charge is 2.39. The van der Waals surface area contributed by atoms with E-state index in [0.717, 1.165) is 4.90 Å². The van der Waals surface area contributed by atoms with Crippen LogP contribution in [0, 0.1) is 0 Å². The van der Waals surface area contributed by atoms with Crippen LogP contribution >= 0.6 is 22.9 Å². The molecule has 0 aliphatic carbocycles. The van der Waals surface area contributed by atoms with E-state index in [2.05, 4.69) is 0 Å². The van der Waals surface area contributed by atoms with Gasteiger partial charge in [0, 0.05) is 4.88 Å². The molecule has 3 rings (SSSR count). The van der Waals surface area contributed by atoms with Crippen LogP contribution in [0.1, 0.15) is 4.88 Å². The number of nitrogens with zero attached hydrogens (tertiary/aromatic N) is 1. The largest absolute Gasteiger partial charge is 0.497 e. The lowest BCUT2D eigenvalue weighted by Gasteiger charge is -2.14. The van der Waals surface area contributed by atoms with Gasteiger partial charge < -0.3 is 4.74 Å². The molecule has 4 nitrogen and oxygen atoms in total. The molecule has 106 valence electrons. The van der Waals surface area contributed by atoms with Crippen molar-refractivity contribution in [3.05, 3.63) is 51.7 Å². The lowest BCUT2D eigenvalue weighted by Crippen LogP contribution is -2.30. The SMILES string of the molecule is COc1ccc(N2C(=O)C(Cl)=C(c3cccs3)C2=O)cc1. The molecule has 1 aromatic heterocycles. The summed E-state index contributed by atoms with van der Waals surface area (Å²) in [5, 5.41) is 1.79. The van der Waals surface area contributed by atoms with Gasteiger partial charge in [0.25, 0.3) is 11.8 Å². The zero-order valence-electron chi connectivity index (χ0n) is 11.0. The monoisotopic (exact) mass is 319 g/mol. The number of amides is 2. The zero-order valence-corrected chi connectivity index (χ0v) is 12.6. The number of rotatable bonds is 3. The van der Waals surface area contributed by atoms with Crippen LogP contribution in [0.15, 0.2) is 46.8 Å². The van der Waals surface area contributed by atoms with Crippen LogP contribution in [0.2, 0.25) is 0 Å². The summed E-state index contributed by atoms with van der Waals surface area (Å²) in [6.07, 6.45) is 0. The second kappa shape index (κ2) is 5.35. The van der Waals surface area contributed by atoms with E-state index < -0.39 is 11.8 Å². The van der Waals surface area contributed by atoms with E-state index in [-0.39, 0.29) is 10.6 Å². The van der Waals surface area contributed by atoms with Gasteiger partial charge >= 0.3 is 0 Å². The molecule has 0 saturated heterocycles. The first-order valence-corrected chi connectivity index (χ1v) is 7.35. The number of thiophene rings is 1. The summed E-state index contributed by atoms with van der Waals surface area (Å²) in [7, 11) is 1.55. The van der Waals surface area contributed by atoms with E-state index in [1.165, 1.54) is 11.3 Å². The third kappa shape index (κ3) is 2.24. The second-order valence-corrected chi connectivity index (χ2v) is 5.64. The smallest absolute Gasteiger partial charge is 0.277 e. The lowest BCUT2D eigenvalue weighted by molar-refractivity contribution is -0.119. The zero-order chi connectivity index (χ0) is 15.0. The lowest BCUT2D eigenvalue weighted by atomic mass is 10.2. The minimum absolute atomic E-state index is 0.0433. The van der Waals surface area contributed by atoms with Crippen molar-refractivity contribution in [3.63, 3.8) is 0 Å². The minimum atomic E-state index is -0.504. The average molecular weight is 320 g/mol. The molecule has 0 unspecified atom stereocenters. The summed E-state index contributed by atoms with van der Waals surface area (Å²) in [6.45, 7) is 0. The van der Waals surface area contributed by atoms with Gasteiger partial charge in [-0.1, -0.05) is 17.7 Å². The molecule has 2 heterocycles.